The molecule has 3 rings (SSSR count). The Balaban J connectivity index is 2.00. The van der Waals surface area contributed by atoms with Gasteiger partial charge in [0.1, 0.15) is 6.04 Å². The van der Waals surface area contributed by atoms with Gasteiger partial charge in [0.2, 0.25) is 10.0 Å². The lowest BCUT2D eigenvalue weighted by molar-refractivity contribution is 0.532. The van der Waals surface area contributed by atoms with Crippen molar-refractivity contribution in [3.05, 3.63) is 108 Å². The fraction of sp³-hybridized carbons (Fsp3) is 0.154. The summed E-state index contributed by atoms with van der Waals surface area (Å²) in [6, 6.07) is 23.3. The molecule has 3 aromatic carbocycles. The number of nitrogens with zero attached hydrogens (tertiary/aromatic N) is 1. The van der Waals surface area contributed by atoms with E-state index in [1.807, 2.05) is 13.8 Å². The van der Waals surface area contributed by atoms with Crippen LogP contribution in [0.5, 0.6) is 0 Å². The summed E-state index contributed by atoms with van der Waals surface area (Å²) in [7, 11) is -7.86. The van der Waals surface area contributed by atoms with Gasteiger partial charge in [0, 0.05) is 6.04 Å². The maximum atomic E-state index is 13.2. The summed E-state index contributed by atoms with van der Waals surface area (Å²) < 4.78 is 55.9. The van der Waals surface area contributed by atoms with Crippen LogP contribution in [0.2, 0.25) is 0 Å². The Bertz CT molecular complexity index is 1400. The maximum Gasteiger partial charge on any atom is 0.271 e. The molecule has 0 aliphatic carbocycles. The molecule has 0 bridgehead atoms. The molecule has 6 nitrogen and oxygen atoms in total. The van der Waals surface area contributed by atoms with Gasteiger partial charge in [-0.15, -0.1) is 6.58 Å². The lowest BCUT2D eigenvalue weighted by Crippen LogP contribution is -2.30. The number of rotatable bonds is 8. The number of hydrogen-bond acceptors (Lipinski definition) is 4. The summed E-state index contributed by atoms with van der Waals surface area (Å²) in [5, 5.41) is 0. The van der Waals surface area contributed by atoms with E-state index in [1.165, 1.54) is 30.3 Å². The van der Waals surface area contributed by atoms with Gasteiger partial charge < -0.3 is 0 Å². The molecule has 176 valence electrons. The van der Waals surface area contributed by atoms with Crippen molar-refractivity contribution in [2.75, 3.05) is 6.54 Å². The second-order valence-electron chi connectivity index (χ2n) is 7.67. The average Bonchev–Trinajstić information content (AvgIpc) is 2.82. The number of benzene rings is 3. The standard InChI is InChI=1S/C26H26N2O4S2/c1-4-19-28(34(31,32)25-16-12-22(3)13-17-25)20-18-26(23-8-6-5-7-9-23)27-33(29,30)24-14-10-21(2)11-15-24/h4-17,26-27H,1,19H2,2-3H3. The molecule has 34 heavy (non-hydrogen) atoms. The van der Waals surface area contributed by atoms with Gasteiger partial charge >= 0.3 is 0 Å². The van der Waals surface area contributed by atoms with E-state index in [1.54, 1.807) is 54.6 Å². The minimum absolute atomic E-state index is 0.0601. The average molecular weight is 495 g/mol. The highest BCUT2D eigenvalue weighted by Crippen LogP contribution is 2.19. The first-order chi connectivity index (χ1) is 16.1. The van der Waals surface area contributed by atoms with Crippen LogP contribution in [0.4, 0.5) is 0 Å². The summed E-state index contributed by atoms with van der Waals surface area (Å²) in [6.07, 6.45) is 1.43. The van der Waals surface area contributed by atoms with E-state index in [0.717, 1.165) is 15.4 Å². The summed E-state index contributed by atoms with van der Waals surface area (Å²) in [4.78, 5) is 0.182. The SMILES string of the molecule is C=CCN(C#CC(NS(=O)(=O)c1ccc(C)cc1)c1ccccc1)S(=O)(=O)c1ccc(C)cc1. The third kappa shape index (κ3) is 6.14. The van der Waals surface area contributed by atoms with Crippen molar-refractivity contribution in [3.63, 3.8) is 0 Å². The highest BCUT2D eigenvalue weighted by atomic mass is 32.2. The van der Waals surface area contributed by atoms with Gasteiger partial charge in [-0.25, -0.2) is 21.1 Å². The van der Waals surface area contributed by atoms with Gasteiger partial charge in [-0.2, -0.15) is 4.72 Å². The molecule has 0 aliphatic rings. The second kappa shape index (κ2) is 10.7. The number of nitrogens with one attached hydrogen (secondary N) is 1. The molecule has 0 saturated carbocycles. The Hall–Kier alpha value is -3.38. The quantitative estimate of drug-likeness (QED) is 0.290. The van der Waals surface area contributed by atoms with Gasteiger partial charge in [0.15, 0.2) is 0 Å². The maximum absolute atomic E-state index is 13.2. The van der Waals surface area contributed by atoms with E-state index in [9.17, 15) is 16.8 Å². The summed E-state index contributed by atoms with van der Waals surface area (Å²) in [6.45, 7) is 7.30. The zero-order valence-corrected chi connectivity index (χ0v) is 20.6. The molecule has 0 aromatic heterocycles. The summed E-state index contributed by atoms with van der Waals surface area (Å²) in [5.74, 6) is 2.80. The molecule has 8 heteroatoms. The third-order valence-electron chi connectivity index (χ3n) is 4.97. The molecular weight excluding hydrogens is 468 g/mol. The van der Waals surface area contributed by atoms with Crippen LogP contribution in [0, 0.1) is 25.8 Å². The molecule has 0 spiro atoms. The van der Waals surface area contributed by atoms with Crippen molar-refractivity contribution in [1.82, 2.24) is 9.03 Å². The minimum Gasteiger partial charge on any atom is -0.221 e. The molecule has 0 amide bonds. The molecule has 1 N–H and O–H groups in total. The van der Waals surface area contributed by atoms with Crippen LogP contribution < -0.4 is 4.72 Å². The number of hydrogen-bond donors (Lipinski definition) is 1. The third-order valence-corrected chi connectivity index (χ3v) is 8.10. The van der Waals surface area contributed by atoms with Gasteiger partial charge in [-0.05, 0) is 43.7 Å². The van der Waals surface area contributed by atoms with E-state index in [4.69, 9.17) is 0 Å². The number of sulfonamides is 2. The molecule has 1 unspecified atom stereocenters. The van der Waals surface area contributed by atoms with Crippen LogP contribution in [0.25, 0.3) is 0 Å². The van der Waals surface area contributed by atoms with E-state index >= 15 is 0 Å². The fourth-order valence-electron chi connectivity index (χ4n) is 3.06. The zero-order chi connectivity index (χ0) is 24.8. The smallest absolute Gasteiger partial charge is 0.221 e. The molecule has 0 radical (unpaired) electrons. The van der Waals surface area contributed by atoms with Crippen LogP contribution in [0.3, 0.4) is 0 Å². The molecule has 0 saturated heterocycles. The Morgan fingerprint density at radius 1 is 0.853 bits per heavy atom. The minimum atomic E-state index is -3.95. The molecule has 0 aliphatic heterocycles. The topological polar surface area (TPSA) is 83.6 Å². The van der Waals surface area contributed by atoms with Crippen molar-refractivity contribution >= 4 is 20.0 Å². The predicted molar refractivity (Wildman–Crippen MR) is 134 cm³/mol. The van der Waals surface area contributed by atoms with E-state index in [0.29, 0.717) is 5.56 Å². The van der Waals surface area contributed by atoms with Gasteiger partial charge in [-0.1, -0.05) is 77.7 Å². The van der Waals surface area contributed by atoms with Gasteiger partial charge in [0.05, 0.1) is 16.3 Å². The van der Waals surface area contributed by atoms with Gasteiger partial charge in [0.25, 0.3) is 10.0 Å². The van der Waals surface area contributed by atoms with Crippen LogP contribution in [0.15, 0.2) is 101 Å². The van der Waals surface area contributed by atoms with Crippen LogP contribution >= 0.6 is 0 Å². The van der Waals surface area contributed by atoms with E-state index < -0.39 is 26.1 Å². The lowest BCUT2D eigenvalue weighted by Gasteiger charge is -2.18. The lowest BCUT2D eigenvalue weighted by atomic mass is 10.1. The van der Waals surface area contributed by atoms with Crippen LogP contribution in [-0.2, 0) is 20.0 Å². The largest absolute Gasteiger partial charge is 0.271 e. The Morgan fingerprint density at radius 3 is 1.91 bits per heavy atom. The molecule has 3 aromatic rings. The highest BCUT2D eigenvalue weighted by Gasteiger charge is 2.23. The second-order valence-corrected chi connectivity index (χ2v) is 11.2. The molecule has 1 atom stereocenters. The molecule has 0 heterocycles. The van der Waals surface area contributed by atoms with Gasteiger partial charge in [-0.3, -0.25) is 0 Å². The van der Waals surface area contributed by atoms with E-state index in [2.05, 4.69) is 23.3 Å². The summed E-state index contributed by atoms with van der Waals surface area (Å²) in [5.41, 5.74) is 2.44. The first kappa shape index (κ1) is 25.2. The number of aryl methyl sites for hydroxylation is 2. The fourth-order valence-corrected chi connectivity index (χ4v) is 5.41. The Kier molecular flexibility index (Phi) is 7.94. The van der Waals surface area contributed by atoms with Crippen molar-refractivity contribution in [2.24, 2.45) is 0 Å². The Labute approximate surface area is 202 Å². The van der Waals surface area contributed by atoms with Crippen molar-refractivity contribution in [3.8, 4) is 12.0 Å². The zero-order valence-electron chi connectivity index (χ0n) is 19.0. The molecule has 0 fully saturated rings. The Morgan fingerprint density at radius 2 is 1.38 bits per heavy atom. The first-order valence-electron chi connectivity index (χ1n) is 10.5. The van der Waals surface area contributed by atoms with Crippen molar-refractivity contribution < 1.29 is 16.8 Å². The normalized spacial score (nSPS) is 12.3. The van der Waals surface area contributed by atoms with Crippen LogP contribution in [-0.4, -0.2) is 27.7 Å². The van der Waals surface area contributed by atoms with Crippen LogP contribution in [0.1, 0.15) is 22.7 Å². The highest BCUT2D eigenvalue weighted by molar-refractivity contribution is 7.89. The van der Waals surface area contributed by atoms with E-state index in [-0.39, 0.29) is 16.3 Å². The monoisotopic (exact) mass is 494 g/mol. The summed E-state index contributed by atoms with van der Waals surface area (Å²) >= 11 is 0. The van der Waals surface area contributed by atoms with Crippen molar-refractivity contribution in [1.29, 1.82) is 0 Å². The molecular formula is C26H26N2O4S2. The van der Waals surface area contributed by atoms with Crippen molar-refractivity contribution in [2.45, 2.75) is 29.7 Å². The predicted octanol–water partition coefficient (Wildman–Crippen LogP) is 4.16. The first-order valence-corrected chi connectivity index (χ1v) is 13.4.